The van der Waals surface area contributed by atoms with Gasteiger partial charge in [0.1, 0.15) is 5.84 Å². The molecule has 1 fully saturated rings. The lowest BCUT2D eigenvalue weighted by molar-refractivity contribution is -0.118. The third-order valence-corrected chi connectivity index (χ3v) is 5.05. The molecule has 0 bridgehead atoms. The first-order valence-corrected chi connectivity index (χ1v) is 9.67. The monoisotopic (exact) mass is 376 g/mol. The van der Waals surface area contributed by atoms with E-state index in [0.717, 1.165) is 36.1 Å². The third kappa shape index (κ3) is 5.08. The SMILES string of the molecule is CNCc1ccc(-c2ccc(C(C)C(=O)N=C(N)/C=C(\N)C3CC3)cc2)cc1. The Labute approximate surface area is 166 Å². The number of carbonyl (C=O) groups excluding carboxylic acids is 1. The molecule has 0 aromatic heterocycles. The second-order valence-electron chi connectivity index (χ2n) is 7.36. The van der Waals surface area contributed by atoms with Gasteiger partial charge in [-0.2, -0.15) is 4.99 Å². The van der Waals surface area contributed by atoms with Crippen molar-refractivity contribution in [3.63, 3.8) is 0 Å². The topological polar surface area (TPSA) is 93.5 Å². The van der Waals surface area contributed by atoms with Crippen LogP contribution in [0.5, 0.6) is 0 Å². The summed E-state index contributed by atoms with van der Waals surface area (Å²) >= 11 is 0. The van der Waals surface area contributed by atoms with Gasteiger partial charge in [0.25, 0.3) is 5.91 Å². The molecule has 3 rings (SSSR count). The maximum absolute atomic E-state index is 12.4. The fraction of sp³-hybridized carbons (Fsp3) is 0.304. The van der Waals surface area contributed by atoms with Crippen LogP contribution >= 0.6 is 0 Å². The largest absolute Gasteiger partial charge is 0.402 e. The Morgan fingerprint density at radius 1 is 1.11 bits per heavy atom. The van der Waals surface area contributed by atoms with Crippen LogP contribution in [0.4, 0.5) is 0 Å². The van der Waals surface area contributed by atoms with Crippen LogP contribution in [0.25, 0.3) is 11.1 Å². The van der Waals surface area contributed by atoms with E-state index in [4.69, 9.17) is 11.5 Å². The van der Waals surface area contributed by atoms with Crippen LogP contribution in [-0.2, 0) is 11.3 Å². The van der Waals surface area contributed by atoms with Crippen molar-refractivity contribution in [3.05, 3.63) is 71.4 Å². The Hall–Kier alpha value is -2.92. The van der Waals surface area contributed by atoms with Gasteiger partial charge in [-0.1, -0.05) is 48.5 Å². The zero-order chi connectivity index (χ0) is 20.1. The van der Waals surface area contributed by atoms with Crippen molar-refractivity contribution >= 4 is 11.7 Å². The lowest BCUT2D eigenvalue weighted by atomic mass is 9.96. The number of rotatable bonds is 7. The molecule has 5 heteroatoms. The lowest BCUT2D eigenvalue weighted by Crippen LogP contribution is -2.17. The summed E-state index contributed by atoms with van der Waals surface area (Å²) in [5, 5.41) is 3.14. The maximum atomic E-state index is 12.4. The zero-order valence-electron chi connectivity index (χ0n) is 16.5. The van der Waals surface area contributed by atoms with E-state index in [2.05, 4.69) is 34.6 Å². The molecule has 1 aliphatic carbocycles. The third-order valence-electron chi connectivity index (χ3n) is 5.05. The Morgan fingerprint density at radius 2 is 1.68 bits per heavy atom. The number of benzene rings is 2. The Morgan fingerprint density at radius 3 is 2.21 bits per heavy atom. The highest BCUT2D eigenvalue weighted by Crippen LogP contribution is 2.33. The summed E-state index contributed by atoms with van der Waals surface area (Å²) in [6.45, 7) is 2.69. The number of aliphatic imine (C=N–C) groups is 1. The molecule has 1 amide bonds. The van der Waals surface area contributed by atoms with Crippen molar-refractivity contribution in [1.82, 2.24) is 5.32 Å². The average Bonchev–Trinajstić information content (AvgIpc) is 3.54. The molecule has 5 nitrogen and oxygen atoms in total. The summed E-state index contributed by atoms with van der Waals surface area (Å²) in [5.74, 6) is -0.0386. The summed E-state index contributed by atoms with van der Waals surface area (Å²) in [6, 6.07) is 16.5. The quantitative estimate of drug-likeness (QED) is 0.510. The minimum atomic E-state index is -0.360. The highest BCUT2D eigenvalue weighted by atomic mass is 16.1. The number of amides is 1. The molecule has 2 aromatic carbocycles. The van der Waals surface area contributed by atoms with E-state index in [9.17, 15) is 4.79 Å². The molecule has 28 heavy (non-hydrogen) atoms. The summed E-state index contributed by atoms with van der Waals surface area (Å²) in [6.07, 6.45) is 3.79. The van der Waals surface area contributed by atoms with Crippen molar-refractivity contribution in [2.45, 2.75) is 32.2 Å². The summed E-state index contributed by atoms with van der Waals surface area (Å²) in [4.78, 5) is 16.4. The van der Waals surface area contributed by atoms with E-state index in [-0.39, 0.29) is 17.7 Å². The number of nitrogens with one attached hydrogen (secondary N) is 1. The Balaban J connectivity index is 1.68. The predicted octanol–water partition coefficient (Wildman–Crippen LogP) is 3.31. The van der Waals surface area contributed by atoms with E-state index in [1.807, 2.05) is 38.2 Å². The Bertz CT molecular complexity index is 878. The molecular formula is C23H28N4O. The summed E-state index contributed by atoms with van der Waals surface area (Å²) in [5.41, 5.74) is 16.9. The summed E-state index contributed by atoms with van der Waals surface area (Å²) < 4.78 is 0. The highest BCUT2D eigenvalue weighted by Gasteiger charge is 2.24. The van der Waals surface area contributed by atoms with Crippen molar-refractivity contribution in [2.75, 3.05) is 7.05 Å². The Kier molecular flexibility index (Phi) is 6.26. The van der Waals surface area contributed by atoms with Crippen LogP contribution in [0, 0.1) is 5.92 Å². The number of allylic oxidation sites excluding steroid dienone is 1. The molecule has 0 saturated heterocycles. The second kappa shape index (κ2) is 8.85. The van der Waals surface area contributed by atoms with Gasteiger partial charge in [-0.25, -0.2) is 0 Å². The predicted molar refractivity (Wildman–Crippen MR) is 115 cm³/mol. The standard InChI is InChI=1S/C23H28N4O/c1-15(23(28)27-22(25)13-21(24)20-11-12-20)17-7-9-19(10-8-17)18-5-3-16(4-6-18)14-26-2/h3-10,13,15,20,26H,11-12,14,24H2,1-2H3,(H2,25,27,28)/b21-13-. The summed E-state index contributed by atoms with van der Waals surface area (Å²) in [7, 11) is 1.94. The van der Waals surface area contributed by atoms with Gasteiger partial charge >= 0.3 is 0 Å². The fourth-order valence-electron chi connectivity index (χ4n) is 3.09. The molecule has 5 N–H and O–H groups in total. The van der Waals surface area contributed by atoms with E-state index in [1.165, 1.54) is 5.56 Å². The van der Waals surface area contributed by atoms with Crippen LogP contribution in [0.2, 0.25) is 0 Å². The maximum Gasteiger partial charge on any atom is 0.254 e. The molecule has 0 spiro atoms. The van der Waals surface area contributed by atoms with Crippen LogP contribution in [0.3, 0.4) is 0 Å². The van der Waals surface area contributed by atoms with Crippen molar-refractivity contribution in [3.8, 4) is 11.1 Å². The van der Waals surface area contributed by atoms with Crippen molar-refractivity contribution in [2.24, 2.45) is 22.4 Å². The van der Waals surface area contributed by atoms with Crippen LogP contribution in [0.15, 0.2) is 65.3 Å². The molecule has 1 saturated carbocycles. The van der Waals surface area contributed by atoms with Crippen LogP contribution in [0.1, 0.15) is 36.8 Å². The molecule has 146 valence electrons. The molecule has 2 aromatic rings. The van der Waals surface area contributed by atoms with Gasteiger partial charge in [-0.15, -0.1) is 0 Å². The first-order valence-electron chi connectivity index (χ1n) is 9.67. The number of amidine groups is 1. The zero-order valence-corrected chi connectivity index (χ0v) is 16.5. The lowest BCUT2D eigenvalue weighted by Gasteiger charge is -2.10. The molecule has 1 atom stereocenters. The molecule has 0 heterocycles. The first kappa shape index (κ1) is 19.8. The van der Waals surface area contributed by atoms with Gasteiger partial charge in [-0.05, 0) is 61.1 Å². The van der Waals surface area contributed by atoms with E-state index in [0.29, 0.717) is 11.6 Å². The minimum Gasteiger partial charge on any atom is -0.402 e. The van der Waals surface area contributed by atoms with Gasteiger partial charge < -0.3 is 16.8 Å². The number of hydrogen-bond acceptors (Lipinski definition) is 3. The normalized spacial score (nSPS) is 16.1. The van der Waals surface area contributed by atoms with Crippen molar-refractivity contribution in [1.29, 1.82) is 0 Å². The highest BCUT2D eigenvalue weighted by molar-refractivity contribution is 6.02. The molecule has 0 aliphatic heterocycles. The minimum absolute atomic E-state index is 0.180. The number of carbonyl (C=O) groups is 1. The molecular weight excluding hydrogens is 348 g/mol. The van der Waals surface area contributed by atoms with Gasteiger partial charge in [-0.3, -0.25) is 4.79 Å². The van der Waals surface area contributed by atoms with Gasteiger partial charge in [0, 0.05) is 12.2 Å². The average molecular weight is 377 g/mol. The fourth-order valence-corrected chi connectivity index (χ4v) is 3.09. The van der Waals surface area contributed by atoms with E-state index >= 15 is 0 Å². The van der Waals surface area contributed by atoms with Gasteiger partial charge in [0.05, 0.1) is 5.92 Å². The van der Waals surface area contributed by atoms with Crippen LogP contribution in [-0.4, -0.2) is 18.8 Å². The smallest absolute Gasteiger partial charge is 0.254 e. The number of nitrogens with zero attached hydrogens (tertiary/aromatic N) is 1. The van der Waals surface area contributed by atoms with Gasteiger partial charge in [0.15, 0.2) is 0 Å². The van der Waals surface area contributed by atoms with E-state index < -0.39 is 0 Å². The van der Waals surface area contributed by atoms with Crippen LogP contribution < -0.4 is 16.8 Å². The number of hydrogen-bond donors (Lipinski definition) is 3. The second-order valence-corrected chi connectivity index (χ2v) is 7.36. The van der Waals surface area contributed by atoms with E-state index in [1.54, 1.807) is 6.08 Å². The molecule has 1 aliphatic rings. The van der Waals surface area contributed by atoms with Crippen molar-refractivity contribution < 1.29 is 4.79 Å². The van der Waals surface area contributed by atoms with Gasteiger partial charge in [0.2, 0.25) is 0 Å². The molecule has 0 radical (unpaired) electrons. The number of nitrogens with two attached hydrogens (primary N) is 2. The first-order chi connectivity index (χ1) is 13.5. The molecule has 1 unspecified atom stereocenters.